The molecule has 1 aromatic carbocycles. The number of aromatic nitrogens is 3. The van der Waals surface area contributed by atoms with Gasteiger partial charge in [0.15, 0.2) is 0 Å². The monoisotopic (exact) mass is 428 g/mol. The molecule has 2 fully saturated rings. The maximum Gasteiger partial charge on any atom is 0.250 e. The van der Waals surface area contributed by atoms with Crippen LogP contribution in [0.25, 0.3) is 16.8 Å². The second-order valence-corrected chi connectivity index (χ2v) is 10.00. The van der Waals surface area contributed by atoms with Crippen LogP contribution in [0.3, 0.4) is 0 Å². The summed E-state index contributed by atoms with van der Waals surface area (Å²) in [6.45, 7) is 0.702. The third kappa shape index (κ3) is 3.89. The van der Waals surface area contributed by atoms with E-state index in [2.05, 4.69) is 9.82 Å². The predicted octanol–water partition coefficient (Wildman–Crippen LogP) is 3.15. The molecule has 3 aromatic rings. The molecule has 0 saturated heterocycles. The second kappa shape index (κ2) is 7.09. The van der Waals surface area contributed by atoms with Gasteiger partial charge < -0.3 is 4.57 Å². The lowest BCUT2D eigenvalue weighted by Crippen LogP contribution is -2.20. The number of nitrogens with zero attached hydrogens (tertiary/aromatic N) is 3. The van der Waals surface area contributed by atoms with Gasteiger partial charge >= 0.3 is 0 Å². The second-order valence-electron chi connectivity index (χ2n) is 8.04. The van der Waals surface area contributed by atoms with E-state index in [4.69, 9.17) is 0 Å². The highest BCUT2D eigenvalue weighted by Crippen LogP contribution is 2.32. The first-order valence-corrected chi connectivity index (χ1v) is 11.5. The number of hydrogen-bond donors (Lipinski definition) is 1. The van der Waals surface area contributed by atoms with Crippen molar-refractivity contribution < 1.29 is 12.8 Å². The SMILES string of the molecule is O=c1ccc(-n2cc(-c3ccc(NS(=O)(=O)C4CC4)cc3F)cn2)cn1CC1CC1. The fourth-order valence-corrected chi connectivity index (χ4v) is 4.80. The first kappa shape index (κ1) is 19.0. The molecule has 0 aliphatic heterocycles. The first-order chi connectivity index (χ1) is 14.4. The molecule has 1 N–H and O–H groups in total. The van der Waals surface area contributed by atoms with Crippen LogP contribution in [-0.2, 0) is 16.6 Å². The minimum atomic E-state index is -3.44. The number of pyridine rings is 1. The molecule has 30 heavy (non-hydrogen) atoms. The Labute approximate surface area is 173 Å². The Morgan fingerprint density at radius 2 is 1.90 bits per heavy atom. The Morgan fingerprint density at radius 3 is 2.60 bits per heavy atom. The predicted molar refractivity (Wildman–Crippen MR) is 112 cm³/mol. The Hall–Kier alpha value is -2.94. The van der Waals surface area contributed by atoms with Gasteiger partial charge in [0.1, 0.15) is 5.82 Å². The highest BCUT2D eigenvalue weighted by atomic mass is 32.2. The molecule has 9 heteroatoms. The fraction of sp³-hybridized carbons (Fsp3) is 0.333. The van der Waals surface area contributed by atoms with Crippen molar-refractivity contribution in [2.45, 2.75) is 37.5 Å². The molecule has 2 aliphatic rings. The fourth-order valence-electron chi connectivity index (χ4n) is 3.42. The van der Waals surface area contributed by atoms with Crippen molar-refractivity contribution in [3.8, 4) is 16.8 Å². The number of rotatable bonds is 7. The van der Waals surface area contributed by atoms with E-state index in [-0.39, 0.29) is 16.5 Å². The molecule has 0 amide bonds. The van der Waals surface area contributed by atoms with Crippen molar-refractivity contribution in [1.29, 1.82) is 0 Å². The molecule has 0 radical (unpaired) electrons. The quantitative estimate of drug-likeness (QED) is 0.626. The van der Waals surface area contributed by atoms with Crippen molar-refractivity contribution in [1.82, 2.24) is 14.3 Å². The lowest BCUT2D eigenvalue weighted by molar-refractivity contribution is 0.600. The molecule has 0 atom stereocenters. The average Bonchev–Trinajstić information content (AvgIpc) is 3.62. The highest BCUT2D eigenvalue weighted by Gasteiger charge is 2.35. The van der Waals surface area contributed by atoms with Crippen LogP contribution in [0.15, 0.2) is 53.7 Å². The van der Waals surface area contributed by atoms with E-state index in [9.17, 15) is 17.6 Å². The van der Waals surface area contributed by atoms with Gasteiger partial charge in [-0.1, -0.05) is 0 Å². The number of anilines is 1. The Balaban J connectivity index is 1.39. The maximum atomic E-state index is 14.7. The molecule has 5 rings (SSSR count). The first-order valence-electron chi connectivity index (χ1n) is 9.96. The minimum absolute atomic E-state index is 0.0479. The summed E-state index contributed by atoms with van der Waals surface area (Å²) in [5.41, 5.74) is 1.76. The molecule has 2 aromatic heterocycles. The zero-order valence-electron chi connectivity index (χ0n) is 16.2. The van der Waals surface area contributed by atoms with E-state index in [1.807, 2.05) is 0 Å². The molecule has 2 heterocycles. The van der Waals surface area contributed by atoms with Gasteiger partial charge in [-0.3, -0.25) is 9.52 Å². The van der Waals surface area contributed by atoms with Gasteiger partial charge in [0, 0.05) is 36.1 Å². The van der Waals surface area contributed by atoms with Gasteiger partial charge in [-0.2, -0.15) is 5.10 Å². The Kier molecular flexibility index (Phi) is 4.50. The van der Waals surface area contributed by atoms with E-state index >= 15 is 0 Å². The normalized spacial score (nSPS) is 16.6. The number of halogens is 1. The van der Waals surface area contributed by atoms with E-state index in [1.165, 1.54) is 18.2 Å². The van der Waals surface area contributed by atoms with Crippen molar-refractivity contribution in [2.24, 2.45) is 5.92 Å². The van der Waals surface area contributed by atoms with Gasteiger partial charge in [0.25, 0.3) is 5.56 Å². The van der Waals surface area contributed by atoms with Crippen LogP contribution in [0.2, 0.25) is 0 Å². The summed E-state index contributed by atoms with van der Waals surface area (Å²) in [7, 11) is -3.44. The summed E-state index contributed by atoms with van der Waals surface area (Å²) in [6, 6.07) is 7.47. The Bertz CT molecular complexity index is 1270. The topological polar surface area (TPSA) is 86.0 Å². The van der Waals surface area contributed by atoms with Gasteiger partial charge in [0.2, 0.25) is 10.0 Å². The minimum Gasteiger partial charge on any atom is -0.313 e. The lowest BCUT2D eigenvalue weighted by atomic mass is 10.1. The molecular formula is C21H21FN4O3S. The summed E-state index contributed by atoms with van der Waals surface area (Å²) in [6.07, 6.45) is 8.58. The molecule has 7 nitrogen and oxygen atoms in total. The average molecular weight is 428 g/mol. The summed E-state index contributed by atoms with van der Waals surface area (Å²) in [5, 5.41) is 3.93. The van der Waals surface area contributed by atoms with Gasteiger partial charge in [-0.15, -0.1) is 0 Å². The number of sulfonamides is 1. The third-order valence-corrected chi connectivity index (χ3v) is 7.34. The van der Waals surface area contributed by atoms with Crippen LogP contribution in [0, 0.1) is 11.7 Å². The van der Waals surface area contributed by atoms with Crippen LogP contribution in [0.5, 0.6) is 0 Å². The number of benzene rings is 1. The van der Waals surface area contributed by atoms with Crippen LogP contribution < -0.4 is 10.3 Å². The molecule has 2 aliphatic carbocycles. The molecule has 0 bridgehead atoms. The lowest BCUT2D eigenvalue weighted by Gasteiger charge is -2.09. The van der Waals surface area contributed by atoms with E-state index in [0.717, 1.165) is 18.5 Å². The molecule has 0 spiro atoms. The van der Waals surface area contributed by atoms with Gasteiger partial charge in [-0.25, -0.2) is 17.5 Å². The summed E-state index contributed by atoms with van der Waals surface area (Å²) >= 11 is 0. The third-order valence-electron chi connectivity index (χ3n) is 5.47. The van der Waals surface area contributed by atoms with Crippen molar-refractivity contribution in [3.63, 3.8) is 0 Å². The van der Waals surface area contributed by atoms with Crippen LogP contribution in [-0.4, -0.2) is 28.0 Å². The van der Waals surface area contributed by atoms with Crippen molar-refractivity contribution in [2.75, 3.05) is 4.72 Å². The van der Waals surface area contributed by atoms with Crippen LogP contribution in [0.4, 0.5) is 10.1 Å². The van der Waals surface area contributed by atoms with Gasteiger partial charge in [-0.05, 0) is 55.9 Å². The smallest absolute Gasteiger partial charge is 0.250 e. The van der Waals surface area contributed by atoms with Crippen molar-refractivity contribution in [3.05, 3.63) is 65.1 Å². The largest absolute Gasteiger partial charge is 0.313 e. The Morgan fingerprint density at radius 1 is 1.10 bits per heavy atom. The number of hydrogen-bond acceptors (Lipinski definition) is 4. The van der Waals surface area contributed by atoms with Crippen molar-refractivity contribution >= 4 is 15.7 Å². The maximum absolute atomic E-state index is 14.7. The van der Waals surface area contributed by atoms with Crippen LogP contribution in [0.1, 0.15) is 25.7 Å². The molecule has 156 valence electrons. The van der Waals surface area contributed by atoms with Gasteiger partial charge in [0.05, 0.1) is 22.8 Å². The van der Waals surface area contributed by atoms with Crippen LogP contribution >= 0.6 is 0 Å². The zero-order valence-corrected chi connectivity index (χ0v) is 17.0. The van der Waals surface area contributed by atoms with E-state index < -0.39 is 15.8 Å². The van der Waals surface area contributed by atoms with E-state index in [1.54, 1.807) is 40.0 Å². The molecule has 0 unspecified atom stereocenters. The summed E-state index contributed by atoms with van der Waals surface area (Å²) in [5.74, 6) is 0.0281. The van der Waals surface area contributed by atoms with E-state index in [0.29, 0.717) is 36.4 Å². The zero-order chi connectivity index (χ0) is 20.9. The summed E-state index contributed by atoms with van der Waals surface area (Å²) in [4.78, 5) is 12.0. The highest BCUT2D eigenvalue weighted by molar-refractivity contribution is 7.93. The summed E-state index contributed by atoms with van der Waals surface area (Å²) < 4.78 is 44.5. The molecular weight excluding hydrogens is 407 g/mol. The number of nitrogens with one attached hydrogen (secondary N) is 1. The molecule has 2 saturated carbocycles. The standard InChI is InChI=1S/C21H21FN4O3S/c22-20-9-16(24-30(28,29)18-5-6-18)3-7-19(20)15-10-23-26(12-15)17-4-8-21(27)25(13-17)11-14-1-2-14/h3-4,7-10,12-14,18,24H,1-2,5-6,11H2.